The van der Waals surface area contributed by atoms with Crippen LogP contribution in [0.5, 0.6) is 0 Å². The first-order valence-electron chi connectivity index (χ1n) is 9.37. The zero-order valence-electron chi connectivity index (χ0n) is 16.3. The molecule has 3 N–H and O–H groups in total. The smallest absolute Gasteiger partial charge is 0.0840 e. The van der Waals surface area contributed by atoms with E-state index < -0.39 is 16.6 Å². The van der Waals surface area contributed by atoms with E-state index in [4.69, 9.17) is 0 Å². The number of hydrogen-bond acceptors (Lipinski definition) is 5. The molecule has 0 spiro atoms. The maximum Gasteiger partial charge on any atom is 0.0840 e. The summed E-state index contributed by atoms with van der Waals surface area (Å²) in [7, 11) is -1.25. The van der Waals surface area contributed by atoms with Crippen molar-refractivity contribution in [3.63, 3.8) is 0 Å². The Balaban J connectivity index is 1.77. The number of anilines is 2. The molecule has 0 unspecified atom stereocenters. The zero-order valence-corrected chi connectivity index (χ0v) is 17.1. The molecule has 0 atom stereocenters. The third-order valence-electron chi connectivity index (χ3n) is 5.62. The molecule has 4 rings (SSSR count). The molecule has 2 aliphatic rings. The quantitative estimate of drug-likeness (QED) is 0.677. The minimum absolute atomic E-state index is 0.556. The van der Waals surface area contributed by atoms with Gasteiger partial charge in [0, 0.05) is 13.6 Å². The lowest BCUT2D eigenvalue weighted by Gasteiger charge is -2.42. The van der Waals surface area contributed by atoms with Crippen molar-refractivity contribution in [3.05, 3.63) is 47.5 Å². The molecule has 0 amide bonds. The number of aliphatic hydroxyl groups is 1. The van der Waals surface area contributed by atoms with Gasteiger partial charge < -0.3 is 5.11 Å². The van der Waals surface area contributed by atoms with Gasteiger partial charge in [0.25, 0.3) is 0 Å². The predicted molar refractivity (Wildman–Crippen MR) is 113 cm³/mol. The Kier molecular flexibility index (Phi) is 4.23. The lowest BCUT2D eigenvalue weighted by molar-refractivity contribution is 0.0786. The Hall–Kier alpha value is -1.73. The molecule has 2 aromatic rings. The summed E-state index contributed by atoms with van der Waals surface area (Å²) in [5, 5.41) is 10.4. The Bertz CT molecular complexity index is 887. The Labute approximate surface area is 162 Å². The average Bonchev–Trinajstić information content (AvgIpc) is 3.39. The second kappa shape index (κ2) is 6.14. The highest BCUT2D eigenvalue weighted by Crippen LogP contribution is 2.61. The fourth-order valence-electron chi connectivity index (χ4n) is 3.61. The van der Waals surface area contributed by atoms with E-state index >= 15 is 0 Å². The van der Waals surface area contributed by atoms with Crippen molar-refractivity contribution in [3.8, 4) is 11.1 Å². The van der Waals surface area contributed by atoms with Crippen molar-refractivity contribution < 1.29 is 14.2 Å². The second-order valence-electron chi connectivity index (χ2n) is 8.28. The molecule has 1 aliphatic carbocycles. The summed E-state index contributed by atoms with van der Waals surface area (Å²) >= 11 is 0. The fourth-order valence-corrected chi connectivity index (χ4v) is 5.15. The molecular formula is C21H28N2O3S. The summed E-state index contributed by atoms with van der Waals surface area (Å²) < 4.78 is 24.9. The molecule has 1 heterocycles. The number of nitrogens with zero attached hydrogens (tertiary/aromatic N) is 2. The van der Waals surface area contributed by atoms with Gasteiger partial charge in [-0.25, -0.2) is 0 Å². The first kappa shape index (κ1) is 18.6. The van der Waals surface area contributed by atoms with E-state index in [-0.39, 0.29) is 0 Å². The van der Waals surface area contributed by atoms with Gasteiger partial charge >= 0.3 is 0 Å². The molecule has 0 saturated heterocycles. The Morgan fingerprint density at radius 1 is 1.07 bits per heavy atom. The van der Waals surface area contributed by atoms with E-state index in [1.54, 1.807) is 29.5 Å². The highest BCUT2D eigenvalue weighted by molar-refractivity contribution is 8.26. The maximum atomic E-state index is 10.7. The highest BCUT2D eigenvalue weighted by atomic mass is 32.3. The SMILES string of the molecule is Cc1ccc(C(C)(C)O)cc1-c1ccc2c(c1)N(C)S(O)(O)N2CC1CC1. The van der Waals surface area contributed by atoms with Crippen molar-refractivity contribution in [1.82, 2.24) is 0 Å². The fraction of sp³-hybridized carbons (Fsp3) is 0.429. The summed E-state index contributed by atoms with van der Waals surface area (Å²) in [5.74, 6) is 0.556. The molecule has 5 nitrogen and oxygen atoms in total. The van der Waals surface area contributed by atoms with Gasteiger partial charge in [-0.2, -0.15) is 0 Å². The molecule has 6 heteroatoms. The van der Waals surface area contributed by atoms with Crippen LogP contribution in [0.3, 0.4) is 0 Å². The Morgan fingerprint density at radius 3 is 2.41 bits per heavy atom. The van der Waals surface area contributed by atoms with E-state index in [1.807, 2.05) is 43.3 Å². The number of rotatable bonds is 4. The molecule has 1 saturated carbocycles. The summed E-state index contributed by atoms with van der Waals surface area (Å²) in [5.41, 5.74) is 4.83. The molecule has 0 aromatic heterocycles. The topological polar surface area (TPSA) is 67.2 Å². The summed E-state index contributed by atoms with van der Waals surface area (Å²) in [6.45, 7) is 6.30. The number of benzene rings is 2. The maximum absolute atomic E-state index is 10.7. The van der Waals surface area contributed by atoms with Gasteiger partial charge in [-0.05, 0) is 90.9 Å². The van der Waals surface area contributed by atoms with E-state index in [0.717, 1.165) is 46.5 Å². The van der Waals surface area contributed by atoms with E-state index in [1.165, 1.54) is 0 Å². The predicted octanol–water partition coefficient (Wildman–Crippen LogP) is 5.14. The van der Waals surface area contributed by atoms with Gasteiger partial charge in [-0.1, -0.05) is 18.2 Å². The standard InChI is InChI=1S/C21H28N2O3S/c1-14-5-9-17(21(2,3)24)12-18(14)16-8-10-19-20(11-16)22(4)27(25,26)23(19)13-15-6-7-15/h5,8-12,15,24-26H,6-7,13H2,1-4H3. The monoisotopic (exact) mass is 388 g/mol. The van der Waals surface area contributed by atoms with Crippen LogP contribution in [0.1, 0.15) is 37.8 Å². The van der Waals surface area contributed by atoms with Gasteiger partial charge in [0.15, 0.2) is 0 Å². The van der Waals surface area contributed by atoms with Crippen LogP contribution in [-0.2, 0) is 5.60 Å². The van der Waals surface area contributed by atoms with Crippen molar-refractivity contribution >= 4 is 22.3 Å². The van der Waals surface area contributed by atoms with Crippen LogP contribution >= 0.6 is 11.0 Å². The Morgan fingerprint density at radius 2 is 1.78 bits per heavy atom. The lowest BCUT2D eigenvalue weighted by Crippen LogP contribution is -2.32. The van der Waals surface area contributed by atoms with Crippen LogP contribution in [-0.4, -0.2) is 27.8 Å². The number of hydrogen-bond donors (Lipinski definition) is 3. The van der Waals surface area contributed by atoms with Gasteiger partial charge in [0.1, 0.15) is 0 Å². The number of fused-ring (bicyclic) bond motifs is 1. The molecular weight excluding hydrogens is 360 g/mol. The van der Waals surface area contributed by atoms with Crippen LogP contribution in [0.15, 0.2) is 36.4 Å². The van der Waals surface area contributed by atoms with Gasteiger partial charge in [0.2, 0.25) is 0 Å². The molecule has 0 radical (unpaired) electrons. The summed E-state index contributed by atoms with van der Waals surface area (Å²) in [6, 6.07) is 12.0. The largest absolute Gasteiger partial charge is 0.386 e. The molecule has 27 heavy (non-hydrogen) atoms. The van der Waals surface area contributed by atoms with Crippen molar-refractivity contribution in [1.29, 1.82) is 0 Å². The second-order valence-corrected chi connectivity index (χ2v) is 10.3. The van der Waals surface area contributed by atoms with E-state index in [0.29, 0.717) is 12.5 Å². The molecule has 0 bridgehead atoms. The van der Waals surface area contributed by atoms with E-state index in [9.17, 15) is 14.2 Å². The van der Waals surface area contributed by atoms with Gasteiger partial charge in [0.05, 0.1) is 17.0 Å². The van der Waals surface area contributed by atoms with E-state index in [2.05, 4.69) is 0 Å². The number of aryl methyl sites for hydroxylation is 1. The average molecular weight is 389 g/mol. The first-order chi connectivity index (χ1) is 12.6. The van der Waals surface area contributed by atoms with Crippen LogP contribution in [0.4, 0.5) is 11.4 Å². The van der Waals surface area contributed by atoms with Gasteiger partial charge in [-0.15, -0.1) is 0 Å². The van der Waals surface area contributed by atoms with Crippen molar-refractivity contribution in [2.24, 2.45) is 5.92 Å². The summed E-state index contributed by atoms with van der Waals surface area (Å²) in [4.78, 5) is 0. The first-order valence-corrected chi connectivity index (χ1v) is 10.8. The van der Waals surface area contributed by atoms with Crippen LogP contribution in [0, 0.1) is 12.8 Å². The highest BCUT2D eigenvalue weighted by Gasteiger charge is 2.41. The van der Waals surface area contributed by atoms with Crippen molar-refractivity contribution in [2.45, 2.75) is 39.2 Å². The van der Waals surface area contributed by atoms with Crippen LogP contribution < -0.4 is 8.61 Å². The zero-order chi connectivity index (χ0) is 19.6. The molecule has 2 aromatic carbocycles. The van der Waals surface area contributed by atoms with Gasteiger partial charge in [-0.3, -0.25) is 17.7 Å². The summed E-state index contributed by atoms with van der Waals surface area (Å²) in [6.07, 6.45) is 2.32. The normalized spacial score (nSPS) is 20.0. The minimum atomic E-state index is -2.99. The molecule has 1 aliphatic heterocycles. The third-order valence-corrected chi connectivity index (χ3v) is 7.49. The van der Waals surface area contributed by atoms with Crippen LogP contribution in [0.2, 0.25) is 0 Å². The van der Waals surface area contributed by atoms with Crippen molar-refractivity contribution in [2.75, 3.05) is 22.2 Å². The lowest BCUT2D eigenvalue weighted by atomic mass is 9.91. The molecule has 146 valence electrons. The third kappa shape index (κ3) is 3.21. The molecule has 1 fully saturated rings. The van der Waals surface area contributed by atoms with Crippen LogP contribution in [0.25, 0.3) is 11.1 Å². The minimum Gasteiger partial charge on any atom is -0.386 e.